The number of benzene rings is 2. The summed E-state index contributed by atoms with van der Waals surface area (Å²) in [6.07, 6.45) is 3.67. The van der Waals surface area contributed by atoms with Gasteiger partial charge in [0.05, 0.1) is 14.2 Å². The molecule has 4 nitrogen and oxygen atoms in total. The summed E-state index contributed by atoms with van der Waals surface area (Å²) < 4.78 is 10.6. The molecule has 0 fully saturated rings. The molecule has 1 aromatic heterocycles. The molecule has 0 saturated heterocycles. The molecule has 0 N–H and O–H groups in total. The number of thiophene rings is 1. The summed E-state index contributed by atoms with van der Waals surface area (Å²) >= 11 is 1.62. The van der Waals surface area contributed by atoms with Crippen LogP contribution in [0.15, 0.2) is 70.6 Å². The molecule has 0 aliphatic heterocycles. The number of para-hydroxylation sites is 4. The van der Waals surface area contributed by atoms with E-state index in [1.807, 2.05) is 73.1 Å². The van der Waals surface area contributed by atoms with Crippen LogP contribution in [0.25, 0.3) is 0 Å². The molecule has 2 aromatic carbocycles. The molecule has 0 atom stereocenters. The second kappa shape index (κ2) is 8.26. The van der Waals surface area contributed by atoms with Crippen molar-refractivity contribution in [1.82, 2.24) is 0 Å². The molecule has 0 spiro atoms. The molecule has 0 radical (unpaired) electrons. The van der Waals surface area contributed by atoms with Gasteiger partial charge in [-0.2, -0.15) is 0 Å². The molecule has 0 bridgehead atoms. The van der Waals surface area contributed by atoms with Gasteiger partial charge in [-0.05, 0) is 36.4 Å². The zero-order valence-electron chi connectivity index (χ0n) is 14.0. The molecule has 0 amide bonds. The molecule has 0 aliphatic carbocycles. The second-order valence-electron chi connectivity index (χ2n) is 5.10. The van der Waals surface area contributed by atoms with Gasteiger partial charge in [-0.1, -0.05) is 24.3 Å². The van der Waals surface area contributed by atoms with Crippen LogP contribution >= 0.6 is 11.3 Å². The minimum atomic E-state index is 0.758. The molecule has 5 heteroatoms. The first-order chi connectivity index (χ1) is 12.3. The normalized spacial score (nSPS) is 11.3. The maximum absolute atomic E-state index is 5.30. The fourth-order valence-electron chi connectivity index (χ4n) is 2.25. The van der Waals surface area contributed by atoms with Crippen LogP contribution in [0.5, 0.6) is 11.5 Å². The van der Waals surface area contributed by atoms with Crippen LogP contribution < -0.4 is 9.47 Å². The molecule has 126 valence electrons. The van der Waals surface area contributed by atoms with E-state index in [0.29, 0.717) is 0 Å². The Bertz CT molecular complexity index is 828. The summed E-state index contributed by atoms with van der Waals surface area (Å²) in [6.45, 7) is 0. The van der Waals surface area contributed by atoms with Crippen molar-refractivity contribution in [2.75, 3.05) is 14.2 Å². The van der Waals surface area contributed by atoms with Crippen LogP contribution in [-0.2, 0) is 0 Å². The second-order valence-corrected chi connectivity index (χ2v) is 6.25. The Kier molecular flexibility index (Phi) is 5.59. The average molecular weight is 350 g/mol. The molecule has 3 rings (SSSR count). The highest BCUT2D eigenvalue weighted by molar-refractivity contribution is 7.15. The summed E-state index contributed by atoms with van der Waals surface area (Å²) in [6, 6.07) is 19.4. The van der Waals surface area contributed by atoms with Gasteiger partial charge in [0.15, 0.2) is 0 Å². The quantitative estimate of drug-likeness (QED) is 0.569. The van der Waals surface area contributed by atoms with Crippen molar-refractivity contribution in [2.24, 2.45) is 9.98 Å². The van der Waals surface area contributed by atoms with Crippen molar-refractivity contribution in [3.63, 3.8) is 0 Å². The molecular weight excluding hydrogens is 332 g/mol. The van der Waals surface area contributed by atoms with Crippen LogP contribution in [0.1, 0.15) is 9.75 Å². The first kappa shape index (κ1) is 16.9. The van der Waals surface area contributed by atoms with Gasteiger partial charge in [-0.15, -0.1) is 11.3 Å². The number of aliphatic imine (C=N–C) groups is 2. The number of hydrogen-bond donors (Lipinski definition) is 0. The first-order valence-corrected chi connectivity index (χ1v) is 8.56. The summed E-state index contributed by atoms with van der Waals surface area (Å²) in [5.41, 5.74) is 1.62. The molecular formula is C20H18N2O2S. The van der Waals surface area contributed by atoms with E-state index in [2.05, 4.69) is 9.98 Å². The standard InChI is InChI=1S/C20H18N2O2S/c1-23-19-9-5-3-7-17(19)21-13-15-11-12-16(25-15)14-22-18-8-4-6-10-20(18)24-2/h3-14H,1-2H3. The fraction of sp³-hybridized carbons (Fsp3) is 0.100. The van der Waals surface area contributed by atoms with Gasteiger partial charge in [0.25, 0.3) is 0 Å². The van der Waals surface area contributed by atoms with E-state index in [1.54, 1.807) is 25.6 Å². The number of ether oxygens (including phenoxy) is 2. The minimum absolute atomic E-state index is 0.758. The zero-order chi connectivity index (χ0) is 17.5. The van der Waals surface area contributed by atoms with E-state index < -0.39 is 0 Å². The van der Waals surface area contributed by atoms with Crippen LogP contribution in [0.4, 0.5) is 11.4 Å². The van der Waals surface area contributed by atoms with E-state index in [1.165, 1.54) is 0 Å². The Labute approximate surface area is 151 Å². The third kappa shape index (κ3) is 4.33. The van der Waals surface area contributed by atoms with Crippen molar-refractivity contribution >= 4 is 35.1 Å². The van der Waals surface area contributed by atoms with Gasteiger partial charge in [0.1, 0.15) is 22.9 Å². The van der Waals surface area contributed by atoms with E-state index in [9.17, 15) is 0 Å². The van der Waals surface area contributed by atoms with Crippen LogP contribution in [-0.4, -0.2) is 26.6 Å². The van der Waals surface area contributed by atoms with Crippen LogP contribution in [0.2, 0.25) is 0 Å². The Morgan fingerprint density at radius 2 is 1.12 bits per heavy atom. The van der Waals surface area contributed by atoms with Gasteiger partial charge in [-0.25, -0.2) is 0 Å². The highest BCUT2D eigenvalue weighted by Crippen LogP contribution is 2.28. The van der Waals surface area contributed by atoms with Gasteiger partial charge < -0.3 is 9.47 Å². The largest absolute Gasteiger partial charge is 0.494 e. The SMILES string of the molecule is COc1ccccc1N=Cc1ccc(C=Nc2ccccc2OC)s1. The van der Waals surface area contributed by atoms with Crippen molar-refractivity contribution in [1.29, 1.82) is 0 Å². The predicted octanol–water partition coefficient (Wildman–Crippen LogP) is 5.27. The van der Waals surface area contributed by atoms with Crippen molar-refractivity contribution in [3.05, 3.63) is 70.4 Å². The fourth-order valence-corrected chi connectivity index (χ4v) is 3.00. The van der Waals surface area contributed by atoms with Crippen molar-refractivity contribution < 1.29 is 9.47 Å². The predicted molar refractivity (Wildman–Crippen MR) is 105 cm³/mol. The maximum Gasteiger partial charge on any atom is 0.144 e. The maximum atomic E-state index is 5.30. The van der Waals surface area contributed by atoms with E-state index >= 15 is 0 Å². The lowest BCUT2D eigenvalue weighted by Crippen LogP contribution is -1.83. The molecule has 0 unspecified atom stereocenters. The molecule has 0 saturated carbocycles. The van der Waals surface area contributed by atoms with Crippen LogP contribution in [0, 0.1) is 0 Å². The lowest BCUT2D eigenvalue weighted by Gasteiger charge is -2.02. The summed E-state index contributed by atoms with van der Waals surface area (Å²) in [7, 11) is 3.29. The zero-order valence-corrected chi connectivity index (χ0v) is 14.9. The van der Waals surface area contributed by atoms with Gasteiger partial charge in [-0.3, -0.25) is 9.98 Å². The molecule has 3 aromatic rings. The topological polar surface area (TPSA) is 43.2 Å². The Balaban J connectivity index is 1.74. The molecule has 0 aliphatic rings. The first-order valence-electron chi connectivity index (χ1n) is 7.74. The van der Waals surface area contributed by atoms with Crippen LogP contribution in [0.3, 0.4) is 0 Å². The smallest absolute Gasteiger partial charge is 0.144 e. The van der Waals surface area contributed by atoms with Gasteiger partial charge in [0.2, 0.25) is 0 Å². The number of hydrogen-bond acceptors (Lipinski definition) is 5. The summed E-state index contributed by atoms with van der Waals surface area (Å²) in [5, 5.41) is 0. The number of nitrogens with zero attached hydrogens (tertiary/aromatic N) is 2. The summed E-state index contributed by atoms with van der Waals surface area (Å²) in [4.78, 5) is 11.1. The van der Waals surface area contributed by atoms with Crippen molar-refractivity contribution in [2.45, 2.75) is 0 Å². The van der Waals surface area contributed by atoms with Crippen molar-refractivity contribution in [3.8, 4) is 11.5 Å². The monoisotopic (exact) mass is 350 g/mol. The van der Waals surface area contributed by atoms with E-state index in [-0.39, 0.29) is 0 Å². The third-order valence-electron chi connectivity index (χ3n) is 3.48. The minimum Gasteiger partial charge on any atom is -0.494 e. The average Bonchev–Trinajstić information content (AvgIpc) is 3.13. The van der Waals surface area contributed by atoms with E-state index in [0.717, 1.165) is 32.6 Å². The Morgan fingerprint density at radius 3 is 1.56 bits per heavy atom. The lowest BCUT2D eigenvalue weighted by atomic mass is 10.3. The highest BCUT2D eigenvalue weighted by atomic mass is 32.1. The lowest BCUT2D eigenvalue weighted by molar-refractivity contribution is 0.416. The molecule has 25 heavy (non-hydrogen) atoms. The van der Waals surface area contributed by atoms with Gasteiger partial charge >= 0.3 is 0 Å². The van der Waals surface area contributed by atoms with E-state index in [4.69, 9.17) is 9.47 Å². The third-order valence-corrected chi connectivity index (χ3v) is 4.43. The van der Waals surface area contributed by atoms with Gasteiger partial charge in [0, 0.05) is 22.2 Å². The highest BCUT2D eigenvalue weighted by Gasteiger charge is 2.01. The summed E-state index contributed by atoms with van der Waals surface area (Å²) in [5.74, 6) is 1.52. The molecule has 1 heterocycles. The number of methoxy groups -OCH3 is 2. The Morgan fingerprint density at radius 1 is 0.680 bits per heavy atom. The Hall–Kier alpha value is -2.92. The number of rotatable bonds is 6.